The van der Waals surface area contributed by atoms with Gasteiger partial charge in [-0.05, 0) is 43.3 Å². The minimum atomic E-state index is 0.634. The Kier molecular flexibility index (Phi) is 6.59. The van der Waals surface area contributed by atoms with Crippen molar-refractivity contribution in [2.75, 3.05) is 32.6 Å². The van der Waals surface area contributed by atoms with Crippen molar-refractivity contribution in [3.8, 4) is 0 Å². The molecule has 0 aliphatic carbocycles. The lowest BCUT2D eigenvalue weighted by Crippen LogP contribution is -3.05. The predicted molar refractivity (Wildman–Crippen MR) is 85.6 cm³/mol. The van der Waals surface area contributed by atoms with Crippen LogP contribution in [0.2, 0.25) is 0 Å². The molecule has 0 saturated heterocycles. The molecule has 0 amide bonds. The molecule has 0 spiro atoms. The van der Waals surface area contributed by atoms with Crippen molar-refractivity contribution >= 4 is 23.0 Å². The van der Waals surface area contributed by atoms with Gasteiger partial charge in [0.25, 0.3) is 0 Å². The van der Waals surface area contributed by atoms with Gasteiger partial charge in [0.15, 0.2) is 5.11 Å². The third kappa shape index (κ3) is 6.40. The van der Waals surface area contributed by atoms with Crippen LogP contribution in [0, 0.1) is 13.8 Å². The molecular weight excluding hydrogens is 256 g/mol. The molecule has 1 aromatic rings. The van der Waals surface area contributed by atoms with Gasteiger partial charge in [0.2, 0.25) is 0 Å². The van der Waals surface area contributed by atoms with Crippen molar-refractivity contribution < 1.29 is 4.90 Å². The van der Waals surface area contributed by atoms with Gasteiger partial charge in [0.1, 0.15) is 0 Å². The van der Waals surface area contributed by atoms with E-state index in [0.29, 0.717) is 5.11 Å². The van der Waals surface area contributed by atoms with Crippen LogP contribution in [0.4, 0.5) is 5.69 Å². The van der Waals surface area contributed by atoms with E-state index in [1.807, 2.05) is 0 Å². The third-order valence-corrected chi connectivity index (χ3v) is 3.09. The van der Waals surface area contributed by atoms with Gasteiger partial charge in [-0.25, -0.2) is 0 Å². The molecule has 0 bridgehead atoms. The summed E-state index contributed by atoms with van der Waals surface area (Å²) in [5.74, 6) is 0. The quantitative estimate of drug-likeness (QED) is 0.351. The summed E-state index contributed by atoms with van der Waals surface area (Å²) < 4.78 is 0. The molecule has 0 aliphatic rings. The van der Waals surface area contributed by atoms with Crippen LogP contribution in [0.5, 0.6) is 0 Å². The molecule has 1 rings (SSSR count). The summed E-state index contributed by atoms with van der Waals surface area (Å²) >= 11 is 5.22. The first kappa shape index (κ1) is 15.7. The Morgan fingerprint density at radius 3 is 2.68 bits per heavy atom. The maximum absolute atomic E-state index is 5.22. The molecule has 0 atom stereocenters. The molecule has 106 valence electrons. The summed E-state index contributed by atoms with van der Waals surface area (Å²) in [5, 5.41) is 3.82. The summed E-state index contributed by atoms with van der Waals surface area (Å²) in [7, 11) is 4.30. The molecule has 0 heterocycles. The topological polar surface area (TPSA) is 40.5 Å². The van der Waals surface area contributed by atoms with E-state index in [9.17, 15) is 0 Å². The Morgan fingerprint density at radius 2 is 2.00 bits per heavy atom. The maximum Gasteiger partial charge on any atom is 0.185 e. The van der Waals surface area contributed by atoms with Crippen molar-refractivity contribution in [1.29, 1.82) is 0 Å². The number of rotatable bonds is 6. The highest BCUT2D eigenvalue weighted by Gasteiger charge is 2.00. The second kappa shape index (κ2) is 7.96. The molecule has 0 fully saturated rings. The van der Waals surface area contributed by atoms with E-state index in [1.165, 1.54) is 16.0 Å². The van der Waals surface area contributed by atoms with E-state index in [4.69, 9.17) is 12.2 Å². The first-order valence-electron chi connectivity index (χ1n) is 6.65. The number of aryl methyl sites for hydroxylation is 2. The summed E-state index contributed by atoms with van der Waals surface area (Å²) in [4.78, 5) is 1.45. The van der Waals surface area contributed by atoms with Crippen LogP contribution in [0.1, 0.15) is 17.5 Å². The fourth-order valence-electron chi connectivity index (χ4n) is 1.68. The van der Waals surface area contributed by atoms with E-state index in [2.05, 4.69) is 62.3 Å². The van der Waals surface area contributed by atoms with Crippen molar-refractivity contribution in [2.24, 2.45) is 0 Å². The van der Waals surface area contributed by atoms with Crippen molar-refractivity contribution in [2.45, 2.75) is 20.3 Å². The lowest BCUT2D eigenvalue weighted by molar-refractivity contribution is -0.858. The number of anilines is 1. The number of hydrogen-bond donors (Lipinski definition) is 4. The van der Waals surface area contributed by atoms with Gasteiger partial charge in [-0.1, -0.05) is 12.1 Å². The number of hydrazine groups is 1. The Morgan fingerprint density at radius 1 is 1.26 bits per heavy atom. The Balaban J connectivity index is 2.28. The molecule has 0 aromatic heterocycles. The fraction of sp³-hybridized carbons (Fsp3) is 0.500. The maximum atomic E-state index is 5.22. The summed E-state index contributed by atoms with van der Waals surface area (Å²) in [6, 6.07) is 6.29. The highest BCUT2D eigenvalue weighted by molar-refractivity contribution is 7.80. The fourth-order valence-corrected chi connectivity index (χ4v) is 1.84. The average Bonchev–Trinajstić information content (AvgIpc) is 2.35. The van der Waals surface area contributed by atoms with E-state index in [-0.39, 0.29) is 0 Å². The van der Waals surface area contributed by atoms with Gasteiger partial charge in [-0.2, -0.15) is 0 Å². The van der Waals surface area contributed by atoms with Crippen molar-refractivity contribution in [3.05, 3.63) is 29.3 Å². The summed E-state index contributed by atoms with van der Waals surface area (Å²) in [6.07, 6.45) is 1.10. The zero-order valence-electron chi connectivity index (χ0n) is 12.3. The molecule has 0 aliphatic heterocycles. The third-order valence-electron chi connectivity index (χ3n) is 2.84. The Labute approximate surface area is 121 Å². The highest BCUT2D eigenvalue weighted by atomic mass is 32.1. The number of hydrogen-bond acceptors (Lipinski definition) is 2. The second-order valence-electron chi connectivity index (χ2n) is 5.13. The molecule has 19 heavy (non-hydrogen) atoms. The van der Waals surface area contributed by atoms with Crippen LogP contribution in [-0.4, -0.2) is 32.3 Å². The molecule has 0 radical (unpaired) electrons. The molecule has 0 unspecified atom stereocenters. The van der Waals surface area contributed by atoms with Gasteiger partial charge in [-0.15, -0.1) is 0 Å². The zero-order valence-corrected chi connectivity index (χ0v) is 13.1. The lowest BCUT2D eigenvalue weighted by atomic mass is 10.1. The average molecular weight is 281 g/mol. The van der Waals surface area contributed by atoms with E-state index in [1.54, 1.807) is 0 Å². The Bertz CT molecular complexity index is 418. The second-order valence-corrected chi connectivity index (χ2v) is 5.54. The van der Waals surface area contributed by atoms with E-state index >= 15 is 0 Å². The van der Waals surface area contributed by atoms with E-state index < -0.39 is 0 Å². The predicted octanol–water partition coefficient (Wildman–Crippen LogP) is 0.629. The summed E-state index contributed by atoms with van der Waals surface area (Å²) in [5.41, 5.74) is 9.64. The molecule has 4 nitrogen and oxygen atoms in total. The van der Waals surface area contributed by atoms with Crippen molar-refractivity contribution in [3.63, 3.8) is 0 Å². The summed E-state index contributed by atoms with van der Waals surface area (Å²) in [6.45, 7) is 6.18. The van der Waals surface area contributed by atoms with Crippen LogP contribution in [0.25, 0.3) is 0 Å². The van der Waals surface area contributed by atoms with Crippen LogP contribution < -0.4 is 21.1 Å². The minimum Gasteiger partial charge on any atom is -0.361 e. The van der Waals surface area contributed by atoms with E-state index in [0.717, 1.165) is 25.2 Å². The monoisotopic (exact) mass is 281 g/mol. The smallest absolute Gasteiger partial charge is 0.185 e. The van der Waals surface area contributed by atoms with Crippen molar-refractivity contribution in [1.82, 2.24) is 10.7 Å². The highest BCUT2D eigenvalue weighted by Crippen LogP contribution is 2.14. The first-order chi connectivity index (χ1) is 8.99. The number of quaternary nitrogens is 1. The van der Waals surface area contributed by atoms with Crippen LogP contribution in [-0.2, 0) is 0 Å². The molecular formula is C14H25N4S+. The lowest BCUT2D eigenvalue weighted by Gasteiger charge is -2.15. The number of thiocarbonyl (C=S) groups is 1. The largest absolute Gasteiger partial charge is 0.361 e. The molecule has 4 N–H and O–H groups in total. The molecule has 5 heteroatoms. The number of nitrogens with one attached hydrogen (secondary N) is 4. The van der Waals surface area contributed by atoms with Gasteiger partial charge in [-0.3, -0.25) is 10.9 Å². The van der Waals surface area contributed by atoms with Gasteiger partial charge in [0.05, 0.1) is 26.3 Å². The molecule has 1 aromatic carbocycles. The first-order valence-corrected chi connectivity index (χ1v) is 7.06. The van der Waals surface area contributed by atoms with Gasteiger partial charge in [0, 0.05) is 13.0 Å². The number of benzene rings is 1. The van der Waals surface area contributed by atoms with Gasteiger partial charge < -0.3 is 10.2 Å². The standard InChI is InChI=1S/C14H24N4S/c1-11-6-7-12(2)13(10-11)16-17-14(19)15-8-5-9-18(3)4/h6-7,10,16H,5,8-9H2,1-4H3,(H2,15,17,19)/p+1. The SMILES string of the molecule is Cc1ccc(C)c(NNC(=S)NCCC[NH+](C)C)c1. The Hall–Kier alpha value is -1.33. The minimum absolute atomic E-state index is 0.634. The zero-order chi connectivity index (χ0) is 14.3. The van der Waals surface area contributed by atoms with Gasteiger partial charge >= 0.3 is 0 Å². The van der Waals surface area contributed by atoms with Crippen LogP contribution in [0.15, 0.2) is 18.2 Å². The normalized spacial score (nSPS) is 10.4. The van der Waals surface area contributed by atoms with Crippen LogP contribution in [0.3, 0.4) is 0 Å². The van der Waals surface area contributed by atoms with Crippen LogP contribution >= 0.6 is 12.2 Å². The molecule has 0 saturated carbocycles.